The molecule has 1 aromatic heterocycles. The van der Waals surface area contributed by atoms with E-state index in [1.54, 1.807) is 25.3 Å². The number of Topliss-reactive ketones (excluding diaryl/α,β-unsaturated/α-hetero) is 1. The first-order chi connectivity index (χ1) is 17.1. The van der Waals surface area contributed by atoms with Gasteiger partial charge in [0.05, 0.1) is 25.0 Å². The maximum Gasteiger partial charge on any atom is 0.312 e. The zero-order valence-corrected chi connectivity index (χ0v) is 18.8. The lowest BCUT2D eigenvalue weighted by Crippen LogP contribution is -2.21. The second-order valence-electron chi connectivity index (χ2n) is 8.37. The molecular formula is C29H20O6. The van der Waals surface area contributed by atoms with Crippen LogP contribution >= 0.6 is 0 Å². The molecule has 0 radical (unpaired) electrons. The number of hydrogen-bond donors (Lipinski definition) is 0. The van der Waals surface area contributed by atoms with E-state index in [1.807, 2.05) is 66.7 Å². The zero-order valence-electron chi connectivity index (χ0n) is 18.8. The van der Waals surface area contributed by atoms with Gasteiger partial charge >= 0.3 is 5.97 Å². The number of carbonyl (C=O) groups excluding carboxylic acids is 2. The molecule has 0 fully saturated rings. The Labute approximate surface area is 201 Å². The van der Waals surface area contributed by atoms with E-state index >= 15 is 0 Å². The van der Waals surface area contributed by atoms with Crippen molar-refractivity contribution in [3.8, 4) is 28.6 Å². The number of methoxy groups -OCH3 is 1. The summed E-state index contributed by atoms with van der Waals surface area (Å²) in [5, 5.41) is 0. The summed E-state index contributed by atoms with van der Waals surface area (Å²) in [7, 11) is 1.60. The molecule has 1 unspecified atom stereocenters. The van der Waals surface area contributed by atoms with Gasteiger partial charge in [0, 0.05) is 11.1 Å². The van der Waals surface area contributed by atoms with Gasteiger partial charge in [-0.15, -0.1) is 0 Å². The Balaban J connectivity index is 1.40. The number of furan rings is 1. The van der Waals surface area contributed by atoms with Crippen LogP contribution in [0.1, 0.15) is 39.6 Å². The highest BCUT2D eigenvalue weighted by atomic mass is 16.5. The van der Waals surface area contributed by atoms with E-state index in [2.05, 4.69) is 0 Å². The highest BCUT2D eigenvalue weighted by Crippen LogP contribution is 2.49. The molecule has 0 amide bonds. The van der Waals surface area contributed by atoms with Crippen molar-refractivity contribution in [1.82, 2.24) is 0 Å². The Hall–Kier alpha value is -4.58. The lowest BCUT2D eigenvalue weighted by molar-refractivity contribution is -0.135. The standard InChI is InChI=1S/C29H20O6/c1-32-19-9-7-17(8-10-19)15-25-28(31)20-11-12-24-27(29(20)35-25)21(16-26(30)34-24)23-14-13-22(33-23)18-5-3-2-4-6-18/h2-15,21H,16H2,1H3/b25-15-. The third-order valence-electron chi connectivity index (χ3n) is 6.22. The summed E-state index contributed by atoms with van der Waals surface area (Å²) < 4.78 is 23.0. The van der Waals surface area contributed by atoms with Crippen LogP contribution in [0.15, 0.2) is 89.0 Å². The van der Waals surface area contributed by atoms with E-state index in [0.29, 0.717) is 34.1 Å². The minimum absolute atomic E-state index is 0.0836. The van der Waals surface area contributed by atoms with Gasteiger partial charge in [-0.1, -0.05) is 42.5 Å². The van der Waals surface area contributed by atoms with Crippen molar-refractivity contribution in [3.05, 3.63) is 107 Å². The molecule has 2 aliphatic heterocycles. The van der Waals surface area contributed by atoms with Crippen molar-refractivity contribution >= 4 is 17.8 Å². The SMILES string of the molecule is COc1ccc(/C=C2\Oc3c(ccc4c3C(c3ccc(-c5ccccc5)o3)CC(=O)O4)C2=O)cc1. The van der Waals surface area contributed by atoms with E-state index in [1.165, 1.54) is 0 Å². The molecule has 172 valence electrons. The molecule has 35 heavy (non-hydrogen) atoms. The predicted octanol–water partition coefficient (Wildman–Crippen LogP) is 6.01. The molecule has 0 saturated heterocycles. The number of benzene rings is 3. The highest BCUT2D eigenvalue weighted by molar-refractivity contribution is 6.15. The molecule has 0 aliphatic carbocycles. The summed E-state index contributed by atoms with van der Waals surface area (Å²) in [5.41, 5.74) is 2.81. The predicted molar refractivity (Wildman–Crippen MR) is 129 cm³/mol. The maximum atomic E-state index is 13.2. The topological polar surface area (TPSA) is 75.0 Å². The van der Waals surface area contributed by atoms with Crippen LogP contribution in [0.5, 0.6) is 17.2 Å². The van der Waals surface area contributed by atoms with Crippen molar-refractivity contribution in [3.63, 3.8) is 0 Å². The second-order valence-corrected chi connectivity index (χ2v) is 8.37. The third kappa shape index (κ3) is 3.69. The van der Waals surface area contributed by atoms with Crippen LogP contribution in [-0.4, -0.2) is 18.9 Å². The van der Waals surface area contributed by atoms with E-state index in [9.17, 15) is 9.59 Å². The smallest absolute Gasteiger partial charge is 0.312 e. The Morgan fingerprint density at radius 3 is 2.46 bits per heavy atom. The second kappa shape index (κ2) is 8.33. The third-order valence-corrected chi connectivity index (χ3v) is 6.22. The van der Waals surface area contributed by atoms with E-state index in [4.69, 9.17) is 18.6 Å². The van der Waals surface area contributed by atoms with E-state index in [0.717, 1.165) is 16.9 Å². The molecule has 0 N–H and O–H groups in total. The highest BCUT2D eigenvalue weighted by Gasteiger charge is 2.39. The number of carbonyl (C=O) groups is 2. The fourth-order valence-electron chi connectivity index (χ4n) is 4.50. The molecule has 0 spiro atoms. The Kier molecular flexibility index (Phi) is 4.99. The van der Waals surface area contributed by atoms with Gasteiger partial charge in [0.25, 0.3) is 0 Å². The zero-order chi connectivity index (χ0) is 23.9. The summed E-state index contributed by atoms with van der Waals surface area (Å²) in [5.74, 6) is 2.00. The molecule has 0 bridgehead atoms. The van der Waals surface area contributed by atoms with Crippen molar-refractivity contribution in [2.45, 2.75) is 12.3 Å². The molecule has 4 aromatic rings. The van der Waals surface area contributed by atoms with Crippen LogP contribution < -0.4 is 14.2 Å². The van der Waals surface area contributed by atoms with Crippen LogP contribution in [0.4, 0.5) is 0 Å². The van der Waals surface area contributed by atoms with Gasteiger partial charge in [-0.05, 0) is 48.0 Å². The number of allylic oxidation sites excluding steroid dienone is 1. The molecule has 1 atom stereocenters. The minimum atomic E-state index is -0.438. The Bertz CT molecular complexity index is 1480. The average Bonchev–Trinajstić information content (AvgIpc) is 3.50. The van der Waals surface area contributed by atoms with Gasteiger partial charge < -0.3 is 18.6 Å². The van der Waals surface area contributed by atoms with Gasteiger partial charge in [0.1, 0.15) is 28.8 Å². The van der Waals surface area contributed by atoms with Gasteiger partial charge in [0.2, 0.25) is 5.78 Å². The molecule has 2 aliphatic rings. The monoisotopic (exact) mass is 464 g/mol. The maximum absolute atomic E-state index is 13.2. The van der Waals surface area contributed by atoms with Crippen LogP contribution in [0.3, 0.4) is 0 Å². The van der Waals surface area contributed by atoms with Crippen LogP contribution in [-0.2, 0) is 4.79 Å². The normalized spacial score (nSPS) is 17.5. The summed E-state index contributed by atoms with van der Waals surface area (Å²) in [6.45, 7) is 0. The first kappa shape index (κ1) is 21.0. The van der Waals surface area contributed by atoms with Crippen LogP contribution in [0.2, 0.25) is 0 Å². The lowest BCUT2D eigenvalue weighted by Gasteiger charge is -2.24. The largest absolute Gasteiger partial charge is 0.497 e. The van der Waals surface area contributed by atoms with Gasteiger partial charge in [0.15, 0.2) is 5.76 Å². The number of ketones is 1. The van der Waals surface area contributed by atoms with Crippen molar-refractivity contribution in [1.29, 1.82) is 0 Å². The van der Waals surface area contributed by atoms with Crippen molar-refractivity contribution in [2.75, 3.05) is 7.11 Å². The number of hydrogen-bond acceptors (Lipinski definition) is 6. The molecule has 6 rings (SSSR count). The summed E-state index contributed by atoms with van der Waals surface area (Å²) in [4.78, 5) is 25.6. The molecule has 6 heteroatoms. The van der Waals surface area contributed by atoms with Crippen molar-refractivity contribution < 1.29 is 28.2 Å². The van der Waals surface area contributed by atoms with Crippen molar-refractivity contribution in [2.24, 2.45) is 0 Å². The number of esters is 1. The summed E-state index contributed by atoms with van der Waals surface area (Å²) in [6, 6.07) is 24.1. The Morgan fingerprint density at radius 1 is 0.886 bits per heavy atom. The average molecular weight is 464 g/mol. The molecule has 6 nitrogen and oxygen atoms in total. The van der Waals surface area contributed by atoms with Crippen LogP contribution in [0.25, 0.3) is 17.4 Å². The van der Waals surface area contributed by atoms with Gasteiger partial charge in [-0.3, -0.25) is 9.59 Å². The van der Waals surface area contributed by atoms with E-state index < -0.39 is 5.92 Å². The van der Waals surface area contributed by atoms with Crippen LogP contribution in [0, 0.1) is 0 Å². The first-order valence-corrected chi connectivity index (χ1v) is 11.2. The van der Waals surface area contributed by atoms with Gasteiger partial charge in [-0.25, -0.2) is 0 Å². The molecule has 0 saturated carbocycles. The number of ether oxygens (including phenoxy) is 3. The van der Waals surface area contributed by atoms with E-state index in [-0.39, 0.29) is 23.9 Å². The fraction of sp³-hybridized carbons (Fsp3) is 0.103. The summed E-state index contributed by atoms with van der Waals surface area (Å²) in [6.07, 6.45) is 1.78. The molecule has 3 aromatic carbocycles. The quantitative estimate of drug-likeness (QED) is 0.209. The minimum Gasteiger partial charge on any atom is -0.497 e. The molecule has 3 heterocycles. The molecular weight excluding hydrogens is 444 g/mol. The van der Waals surface area contributed by atoms with Gasteiger partial charge in [-0.2, -0.15) is 0 Å². The summed E-state index contributed by atoms with van der Waals surface area (Å²) >= 11 is 0. The fourth-order valence-corrected chi connectivity index (χ4v) is 4.50. The number of fused-ring (bicyclic) bond motifs is 3. The lowest BCUT2D eigenvalue weighted by atomic mass is 9.88. The Morgan fingerprint density at radius 2 is 1.69 bits per heavy atom. The first-order valence-electron chi connectivity index (χ1n) is 11.2. The number of rotatable bonds is 4.